The molecule has 7 heteroatoms. The third kappa shape index (κ3) is 3.62. The number of carbonyl (C=O) groups is 1. The summed E-state index contributed by atoms with van der Waals surface area (Å²) in [4.78, 5) is 17.7. The number of nitrogens with zero attached hydrogens (tertiary/aromatic N) is 3. The van der Waals surface area contributed by atoms with Gasteiger partial charge in [-0.15, -0.1) is 0 Å². The molecule has 0 spiro atoms. The third-order valence-electron chi connectivity index (χ3n) is 5.84. The molecule has 1 N–H and O–H groups in total. The second-order valence-corrected chi connectivity index (χ2v) is 7.80. The zero-order chi connectivity index (χ0) is 20.6. The number of hydrogen-bond acceptors (Lipinski definition) is 4. The molecule has 4 rings (SSSR count). The van der Waals surface area contributed by atoms with E-state index in [1.54, 1.807) is 10.7 Å². The van der Waals surface area contributed by atoms with E-state index in [-0.39, 0.29) is 17.1 Å². The van der Waals surface area contributed by atoms with Crippen molar-refractivity contribution in [1.29, 1.82) is 0 Å². The zero-order valence-electron chi connectivity index (χ0n) is 17.0. The molecule has 1 saturated heterocycles. The van der Waals surface area contributed by atoms with E-state index in [4.69, 9.17) is 4.74 Å². The van der Waals surface area contributed by atoms with Crippen LogP contribution in [0.2, 0.25) is 0 Å². The number of aromatic nitrogens is 3. The standard InChI is InChI=1S/C22H25FN4O2/c1-14-12-18(19-15(2)26-27(3)20(19)25-14)21(28)24-13-22(8-10-29-11-9-22)16-4-6-17(23)7-5-16/h4-7,12H,8-11,13H2,1-3H3,(H,24,28). The molecule has 152 valence electrons. The van der Waals surface area contributed by atoms with E-state index in [1.165, 1.54) is 12.1 Å². The predicted molar refractivity (Wildman–Crippen MR) is 108 cm³/mol. The van der Waals surface area contributed by atoms with Crippen molar-refractivity contribution in [3.8, 4) is 0 Å². The molecule has 6 nitrogen and oxygen atoms in total. The van der Waals surface area contributed by atoms with Gasteiger partial charge in [-0.3, -0.25) is 9.48 Å². The Bertz CT molecular complexity index is 1050. The molecule has 1 fully saturated rings. The normalized spacial score (nSPS) is 16.1. The van der Waals surface area contributed by atoms with Gasteiger partial charge in [0.15, 0.2) is 5.65 Å². The second-order valence-electron chi connectivity index (χ2n) is 7.80. The Morgan fingerprint density at radius 2 is 1.93 bits per heavy atom. The van der Waals surface area contributed by atoms with Crippen LogP contribution in [0.5, 0.6) is 0 Å². The molecule has 0 saturated carbocycles. The van der Waals surface area contributed by atoms with E-state index < -0.39 is 0 Å². The van der Waals surface area contributed by atoms with Crippen molar-refractivity contribution >= 4 is 16.9 Å². The number of amides is 1. The summed E-state index contributed by atoms with van der Waals surface area (Å²) in [6.45, 7) is 5.45. The molecular weight excluding hydrogens is 371 g/mol. The number of fused-ring (bicyclic) bond motifs is 1. The van der Waals surface area contributed by atoms with Gasteiger partial charge in [0.05, 0.1) is 16.6 Å². The third-order valence-corrected chi connectivity index (χ3v) is 5.84. The summed E-state index contributed by atoms with van der Waals surface area (Å²) in [5.41, 5.74) is 3.58. The molecule has 1 aromatic carbocycles. The Hall–Kier alpha value is -2.80. The monoisotopic (exact) mass is 396 g/mol. The average Bonchev–Trinajstić information content (AvgIpc) is 3.00. The zero-order valence-corrected chi connectivity index (χ0v) is 17.0. The number of halogens is 1. The van der Waals surface area contributed by atoms with Crippen molar-refractivity contribution in [1.82, 2.24) is 20.1 Å². The lowest BCUT2D eigenvalue weighted by atomic mass is 9.74. The van der Waals surface area contributed by atoms with E-state index >= 15 is 0 Å². The molecule has 0 radical (unpaired) electrons. The number of aryl methyl sites for hydroxylation is 3. The van der Waals surface area contributed by atoms with E-state index in [1.807, 2.05) is 33.0 Å². The van der Waals surface area contributed by atoms with Crippen LogP contribution in [0.1, 0.15) is 40.2 Å². The number of hydrogen-bond donors (Lipinski definition) is 1. The van der Waals surface area contributed by atoms with Gasteiger partial charge in [-0.05, 0) is 50.5 Å². The lowest BCUT2D eigenvalue weighted by molar-refractivity contribution is 0.0487. The molecule has 29 heavy (non-hydrogen) atoms. The van der Waals surface area contributed by atoms with Crippen molar-refractivity contribution in [2.24, 2.45) is 7.05 Å². The Kier molecular flexibility index (Phi) is 5.08. The molecule has 1 amide bonds. The number of ether oxygens (including phenoxy) is 1. The van der Waals surface area contributed by atoms with Gasteiger partial charge in [0, 0.05) is 37.9 Å². The highest BCUT2D eigenvalue weighted by Crippen LogP contribution is 2.34. The maximum atomic E-state index is 13.4. The summed E-state index contributed by atoms with van der Waals surface area (Å²) in [6, 6.07) is 8.38. The highest BCUT2D eigenvalue weighted by Gasteiger charge is 2.35. The maximum Gasteiger partial charge on any atom is 0.252 e. The molecule has 2 aromatic heterocycles. The summed E-state index contributed by atoms with van der Waals surface area (Å²) < 4.78 is 20.7. The first-order chi connectivity index (χ1) is 13.9. The van der Waals surface area contributed by atoms with Crippen LogP contribution in [0.25, 0.3) is 11.0 Å². The molecule has 3 aromatic rings. The molecule has 1 aliphatic heterocycles. The fourth-order valence-corrected chi connectivity index (χ4v) is 4.23. The summed E-state index contributed by atoms with van der Waals surface area (Å²) in [7, 11) is 1.83. The van der Waals surface area contributed by atoms with Crippen LogP contribution in [0.3, 0.4) is 0 Å². The number of pyridine rings is 1. The van der Waals surface area contributed by atoms with Gasteiger partial charge in [-0.25, -0.2) is 9.37 Å². The highest BCUT2D eigenvalue weighted by molar-refractivity contribution is 6.06. The van der Waals surface area contributed by atoms with Gasteiger partial charge in [0.25, 0.3) is 5.91 Å². The number of nitrogens with one attached hydrogen (secondary N) is 1. The topological polar surface area (TPSA) is 69.0 Å². The van der Waals surface area contributed by atoms with E-state index in [0.717, 1.165) is 35.2 Å². The lowest BCUT2D eigenvalue weighted by Gasteiger charge is -2.38. The van der Waals surface area contributed by atoms with Crippen molar-refractivity contribution in [2.75, 3.05) is 19.8 Å². The second kappa shape index (κ2) is 7.55. The first kappa shape index (κ1) is 19.5. The SMILES string of the molecule is Cc1cc(C(=O)NCC2(c3ccc(F)cc3)CCOCC2)c2c(C)nn(C)c2n1. The van der Waals surface area contributed by atoms with Crippen LogP contribution in [0.4, 0.5) is 4.39 Å². The van der Waals surface area contributed by atoms with Gasteiger partial charge >= 0.3 is 0 Å². The van der Waals surface area contributed by atoms with Crippen LogP contribution >= 0.6 is 0 Å². The van der Waals surface area contributed by atoms with Crippen LogP contribution in [0, 0.1) is 19.7 Å². The molecule has 0 atom stereocenters. The quantitative estimate of drug-likeness (QED) is 0.735. The van der Waals surface area contributed by atoms with E-state index in [9.17, 15) is 9.18 Å². The predicted octanol–water partition coefficient (Wildman–Crippen LogP) is 3.20. The fraction of sp³-hybridized carbons (Fsp3) is 0.409. The summed E-state index contributed by atoms with van der Waals surface area (Å²) in [6.07, 6.45) is 1.55. The minimum Gasteiger partial charge on any atom is -0.381 e. The van der Waals surface area contributed by atoms with Crippen molar-refractivity contribution < 1.29 is 13.9 Å². The fourth-order valence-electron chi connectivity index (χ4n) is 4.23. The number of rotatable bonds is 4. The molecule has 3 heterocycles. The highest BCUT2D eigenvalue weighted by atomic mass is 19.1. The van der Waals surface area contributed by atoms with Crippen LogP contribution in [0.15, 0.2) is 30.3 Å². The molecular formula is C22H25FN4O2. The maximum absolute atomic E-state index is 13.4. The Morgan fingerprint density at radius 1 is 1.24 bits per heavy atom. The van der Waals surface area contributed by atoms with E-state index in [0.29, 0.717) is 31.0 Å². The van der Waals surface area contributed by atoms with Gasteiger partial charge < -0.3 is 10.1 Å². The molecule has 0 aliphatic carbocycles. The van der Waals surface area contributed by atoms with Gasteiger partial charge in [-0.1, -0.05) is 12.1 Å². The largest absolute Gasteiger partial charge is 0.381 e. The van der Waals surface area contributed by atoms with Gasteiger partial charge in [0.1, 0.15) is 5.82 Å². The first-order valence-electron chi connectivity index (χ1n) is 9.83. The van der Waals surface area contributed by atoms with E-state index in [2.05, 4.69) is 15.4 Å². The molecule has 0 unspecified atom stereocenters. The van der Waals surface area contributed by atoms with Crippen LogP contribution < -0.4 is 5.32 Å². The Labute approximate surface area is 169 Å². The van der Waals surface area contributed by atoms with Crippen molar-refractivity contribution in [3.05, 3.63) is 58.7 Å². The summed E-state index contributed by atoms with van der Waals surface area (Å²) >= 11 is 0. The van der Waals surface area contributed by atoms with Crippen molar-refractivity contribution in [3.63, 3.8) is 0 Å². The smallest absolute Gasteiger partial charge is 0.252 e. The molecule has 1 aliphatic rings. The number of benzene rings is 1. The summed E-state index contributed by atoms with van der Waals surface area (Å²) in [5.74, 6) is -0.411. The summed E-state index contributed by atoms with van der Waals surface area (Å²) in [5, 5.41) is 8.32. The van der Waals surface area contributed by atoms with Gasteiger partial charge in [-0.2, -0.15) is 5.10 Å². The number of carbonyl (C=O) groups excluding carboxylic acids is 1. The van der Waals surface area contributed by atoms with Crippen LogP contribution in [-0.2, 0) is 17.2 Å². The molecule has 0 bridgehead atoms. The van der Waals surface area contributed by atoms with Gasteiger partial charge in [0.2, 0.25) is 0 Å². The van der Waals surface area contributed by atoms with Crippen LogP contribution in [-0.4, -0.2) is 40.4 Å². The first-order valence-corrected chi connectivity index (χ1v) is 9.83. The van der Waals surface area contributed by atoms with Crippen molar-refractivity contribution in [2.45, 2.75) is 32.1 Å². The minimum absolute atomic E-state index is 0.149. The minimum atomic E-state index is -0.271. The average molecular weight is 396 g/mol. The Balaban J connectivity index is 1.64. The Morgan fingerprint density at radius 3 is 2.62 bits per heavy atom. The lowest BCUT2D eigenvalue weighted by Crippen LogP contribution is -2.44.